The van der Waals surface area contributed by atoms with Crippen molar-refractivity contribution in [3.8, 4) is 0 Å². The van der Waals surface area contributed by atoms with Crippen LogP contribution in [0, 0.1) is 18.6 Å². The van der Waals surface area contributed by atoms with Crippen molar-refractivity contribution in [2.45, 2.75) is 31.4 Å². The van der Waals surface area contributed by atoms with Gasteiger partial charge in [0.2, 0.25) is 10.0 Å². The van der Waals surface area contributed by atoms with Crippen molar-refractivity contribution < 1.29 is 17.2 Å². The van der Waals surface area contributed by atoms with Crippen molar-refractivity contribution in [3.63, 3.8) is 0 Å². The van der Waals surface area contributed by atoms with Crippen molar-refractivity contribution in [1.82, 2.24) is 5.32 Å². The van der Waals surface area contributed by atoms with Crippen LogP contribution < -0.4 is 9.62 Å². The van der Waals surface area contributed by atoms with Crippen LogP contribution in [0.25, 0.3) is 0 Å². The molecule has 2 aromatic rings. The van der Waals surface area contributed by atoms with Gasteiger partial charge in [0.25, 0.3) is 0 Å². The van der Waals surface area contributed by atoms with Crippen LogP contribution >= 0.6 is 0 Å². The third-order valence-corrected chi connectivity index (χ3v) is 6.86. The Bertz CT molecular complexity index is 916. The van der Waals surface area contributed by atoms with Crippen molar-refractivity contribution in [2.24, 2.45) is 0 Å². The van der Waals surface area contributed by atoms with E-state index >= 15 is 0 Å². The normalized spacial score (nSPS) is 18.6. The first-order valence-corrected chi connectivity index (χ1v) is 10.1. The Morgan fingerprint density at radius 3 is 2.42 bits per heavy atom. The van der Waals surface area contributed by atoms with E-state index < -0.39 is 26.9 Å². The molecule has 7 heteroatoms. The molecular weight excluding hydrogens is 358 g/mol. The molecule has 1 aliphatic rings. The summed E-state index contributed by atoms with van der Waals surface area (Å²) in [6.45, 7) is 2.37. The second kappa shape index (κ2) is 7.32. The van der Waals surface area contributed by atoms with Crippen LogP contribution in [0.5, 0.6) is 0 Å². The maximum atomic E-state index is 13.8. The van der Waals surface area contributed by atoms with E-state index in [1.54, 1.807) is 6.92 Å². The molecule has 140 valence electrons. The fourth-order valence-corrected chi connectivity index (χ4v) is 5.51. The summed E-state index contributed by atoms with van der Waals surface area (Å²) in [6.07, 6.45) is 1.44. The fourth-order valence-electron chi connectivity index (χ4n) is 3.42. The summed E-state index contributed by atoms with van der Waals surface area (Å²) in [6, 6.07) is 8.13. The number of sulfonamides is 1. The van der Waals surface area contributed by atoms with Gasteiger partial charge in [-0.25, -0.2) is 21.5 Å². The van der Waals surface area contributed by atoms with Gasteiger partial charge < -0.3 is 5.32 Å². The number of nitrogens with one attached hydrogen (secondary N) is 1. The summed E-state index contributed by atoms with van der Waals surface area (Å²) in [5, 5.41) is 2.37. The monoisotopic (exact) mass is 380 g/mol. The molecule has 1 N–H and O–H groups in total. The third kappa shape index (κ3) is 3.46. The Hall–Kier alpha value is -1.99. The van der Waals surface area contributed by atoms with Crippen molar-refractivity contribution in [1.29, 1.82) is 0 Å². The molecule has 0 saturated carbocycles. The summed E-state index contributed by atoms with van der Waals surface area (Å²) in [5.74, 6) is -0.821. The van der Waals surface area contributed by atoms with Crippen molar-refractivity contribution in [2.75, 3.05) is 17.9 Å². The second-order valence-corrected chi connectivity index (χ2v) is 8.65. The summed E-state index contributed by atoms with van der Waals surface area (Å²) in [4.78, 5) is 0. The molecule has 1 heterocycles. The van der Waals surface area contributed by atoms with Gasteiger partial charge in [-0.15, -0.1) is 0 Å². The highest BCUT2D eigenvalue weighted by Crippen LogP contribution is 2.41. The standard InChI is InChI=1S/C19H22F2N2O2S/c1-13-10-15(20)5-7-18(13)23-19-8-6-16(21)11-14(19)12-17(26(23,24)25)4-3-9-22-2/h5-8,10-11,17,22H,3-4,9,12H2,1-2H3. The molecule has 0 radical (unpaired) electrons. The summed E-state index contributed by atoms with van der Waals surface area (Å²) in [7, 11) is -1.89. The highest BCUT2D eigenvalue weighted by molar-refractivity contribution is 7.93. The molecule has 1 atom stereocenters. The molecule has 26 heavy (non-hydrogen) atoms. The minimum Gasteiger partial charge on any atom is -0.320 e. The van der Waals surface area contributed by atoms with Crippen LogP contribution in [-0.2, 0) is 16.4 Å². The number of hydrogen-bond donors (Lipinski definition) is 1. The van der Waals surface area contributed by atoms with Gasteiger partial charge in [0, 0.05) is 0 Å². The lowest BCUT2D eigenvalue weighted by atomic mass is 10.0. The first-order valence-electron chi connectivity index (χ1n) is 8.58. The highest BCUT2D eigenvalue weighted by atomic mass is 32.2. The molecule has 1 aliphatic heterocycles. The molecule has 3 rings (SSSR count). The van der Waals surface area contributed by atoms with Crippen molar-refractivity contribution >= 4 is 21.4 Å². The molecule has 0 fully saturated rings. The Morgan fingerprint density at radius 1 is 1.12 bits per heavy atom. The van der Waals surface area contributed by atoms with E-state index in [0.717, 1.165) is 0 Å². The maximum absolute atomic E-state index is 13.8. The van der Waals surface area contributed by atoms with Gasteiger partial charge in [0.1, 0.15) is 11.6 Å². The minimum absolute atomic E-state index is 0.274. The molecule has 0 bridgehead atoms. The number of fused-ring (bicyclic) bond motifs is 1. The Labute approximate surface area is 152 Å². The Kier molecular flexibility index (Phi) is 5.29. The molecule has 1 unspecified atom stereocenters. The third-order valence-electron chi connectivity index (χ3n) is 4.71. The van der Waals surface area contributed by atoms with E-state index in [1.165, 1.54) is 40.7 Å². The van der Waals surface area contributed by atoms with Gasteiger partial charge >= 0.3 is 0 Å². The predicted octanol–water partition coefficient (Wildman–Crippen LogP) is 3.67. The average molecular weight is 380 g/mol. The molecule has 2 aromatic carbocycles. The largest absolute Gasteiger partial charge is 0.320 e. The number of rotatable bonds is 5. The van der Waals surface area contributed by atoms with Crippen LogP contribution in [0.3, 0.4) is 0 Å². The first-order chi connectivity index (χ1) is 12.3. The quantitative estimate of drug-likeness (QED) is 0.806. The van der Waals surface area contributed by atoms with E-state index in [4.69, 9.17) is 0 Å². The van der Waals surface area contributed by atoms with Gasteiger partial charge in [0.15, 0.2) is 0 Å². The number of aryl methyl sites for hydroxylation is 1. The van der Waals surface area contributed by atoms with E-state index in [1.807, 2.05) is 7.05 Å². The topological polar surface area (TPSA) is 49.4 Å². The fraction of sp³-hybridized carbons (Fsp3) is 0.368. The molecule has 4 nitrogen and oxygen atoms in total. The molecule has 0 amide bonds. The maximum Gasteiger partial charge on any atom is 0.242 e. The summed E-state index contributed by atoms with van der Waals surface area (Å²) in [5.41, 5.74) is 2.00. The zero-order chi connectivity index (χ0) is 18.9. The summed E-state index contributed by atoms with van der Waals surface area (Å²) < 4.78 is 55.1. The van der Waals surface area contributed by atoms with Gasteiger partial charge in [0.05, 0.1) is 16.6 Å². The number of halogens is 2. The van der Waals surface area contributed by atoms with E-state index in [-0.39, 0.29) is 6.42 Å². The minimum atomic E-state index is -3.70. The molecule has 0 saturated heterocycles. The van der Waals surface area contributed by atoms with Crippen LogP contribution in [0.4, 0.5) is 20.2 Å². The smallest absolute Gasteiger partial charge is 0.242 e. The Balaban J connectivity index is 2.13. The average Bonchev–Trinajstić information content (AvgIpc) is 2.57. The van der Waals surface area contributed by atoms with E-state index in [9.17, 15) is 17.2 Å². The lowest BCUT2D eigenvalue weighted by Gasteiger charge is -2.36. The second-order valence-electron chi connectivity index (χ2n) is 6.59. The van der Waals surface area contributed by atoms with Crippen LogP contribution in [0.1, 0.15) is 24.0 Å². The van der Waals surface area contributed by atoms with Crippen LogP contribution in [0.15, 0.2) is 36.4 Å². The number of nitrogens with zero attached hydrogens (tertiary/aromatic N) is 1. The van der Waals surface area contributed by atoms with Gasteiger partial charge in [-0.2, -0.15) is 0 Å². The number of anilines is 2. The molecule has 0 aromatic heterocycles. The van der Waals surface area contributed by atoms with Gasteiger partial charge in [-0.1, -0.05) is 0 Å². The van der Waals surface area contributed by atoms with Crippen LogP contribution in [0.2, 0.25) is 0 Å². The van der Waals surface area contributed by atoms with Crippen molar-refractivity contribution in [3.05, 3.63) is 59.2 Å². The first kappa shape index (κ1) is 18.8. The summed E-state index contributed by atoms with van der Waals surface area (Å²) >= 11 is 0. The van der Waals surface area contributed by atoms with Gasteiger partial charge in [-0.05, 0) is 87.3 Å². The van der Waals surface area contributed by atoms with Gasteiger partial charge in [-0.3, -0.25) is 0 Å². The number of benzene rings is 2. The van der Waals surface area contributed by atoms with E-state index in [0.29, 0.717) is 41.9 Å². The predicted molar refractivity (Wildman–Crippen MR) is 99.2 cm³/mol. The van der Waals surface area contributed by atoms with E-state index in [2.05, 4.69) is 5.32 Å². The zero-order valence-electron chi connectivity index (χ0n) is 14.8. The SMILES string of the molecule is CNCCCC1Cc2cc(F)ccc2N(c2ccc(F)cc2C)S1(=O)=O. The zero-order valence-corrected chi connectivity index (χ0v) is 15.6. The molecular formula is C19H22F2N2O2S. The van der Waals surface area contributed by atoms with Crippen LogP contribution in [-0.4, -0.2) is 27.3 Å². The molecule has 0 aliphatic carbocycles. The molecule has 0 spiro atoms. The lowest BCUT2D eigenvalue weighted by molar-refractivity contribution is 0.552. The lowest BCUT2D eigenvalue weighted by Crippen LogP contribution is -2.42. The Morgan fingerprint density at radius 2 is 1.77 bits per heavy atom. The number of hydrogen-bond acceptors (Lipinski definition) is 3. The highest BCUT2D eigenvalue weighted by Gasteiger charge is 2.39.